The van der Waals surface area contributed by atoms with Gasteiger partial charge < -0.3 is 5.32 Å². The molecule has 0 spiro atoms. The number of hydrogen-bond donors (Lipinski definition) is 1. The number of nitrogens with one attached hydrogen (secondary N) is 1. The van der Waals surface area contributed by atoms with Crippen LogP contribution in [0.4, 0.5) is 0 Å². The van der Waals surface area contributed by atoms with Gasteiger partial charge in [0.1, 0.15) is 0 Å². The largest absolute Gasteiger partial charge is 0.319 e. The second kappa shape index (κ2) is 7.39. The summed E-state index contributed by atoms with van der Waals surface area (Å²) >= 11 is 1.85. The van der Waals surface area contributed by atoms with Crippen LogP contribution < -0.4 is 5.32 Å². The van der Waals surface area contributed by atoms with Crippen molar-refractivity contribution in [3.63, 3.8) is 0 Å². The van der Waals surface area contributed by atoms with E-state index in [0.717, 1.165) is 24.3 Å². The van der Waals surface area contributed by atoms with Crippen molar-refractivity contribution in [3.05, 3.63) is 29.8 Å². The van der Waals surface area contributed by atoms with Gasteiger partial charge in [0.2, 0.25) is 0 Å². The standard InChI is InChI=1S/C13H17NS/c1-3-15-13-9-6-8-12(11-13)7-4-5-10-14-2/h6,8-9,11,14H,3,5,10H2,1-2H3. The lowest BCUT2D eigenvalue weighted by molar-refractivity contribution is 0.818. The van der Waals surface area contributed by atoms with E-state index < -0.39 is 0 Å². The average Bonchev–Trinajstić information content (AvgIpc) is 2.26. The van der Waals surface area contributed by atoms with Crippen LogP contribution in [0.2, 0.25) is 0 Å². The first-order chi connectivity index (χ1) is 7.36. The molecule has 0 saturated carbocycles. The molecule has 1 rings (SSSR count). The van der Waals surface area contributed by atoms with Crippen molar-refractivity contribution in [3.8, 4) is 11.8 Å². The van der Waals surface area contributed by atoms with Crippen LogP contribution in [-0.2, 0) is 0 Å². The van der Waals surface area contributed by atoms with Crippen LogP contribution in [0.15, 0.2) is 29.2 Å². The van der Waals surface area contributed by atoms with Crippen LogP contribution >= 0.6 is 11.8 Å². The first-order valence-corrected chi connectivity index (χ1v) is 6.21. The Morgan fingerprint density at radius 1 is 1.40 bits per heavy atom. The van der Waals surface area contributed by atoms with E-state index in [-0.39, 0.29) is 0 Å². The Bertz CT molecular complexity index is 349. The molecule has 1 aromatic carbocycles. The molecule has 80 valence electrons. The van der Waals surface area contributed by atoms with E-state index in [1.165, 1.54) is 4.90 Å². The summed E-state index contributed by atoms with van der Waals surface area (Å²) < 4.78 is 0. The molecular formula is C13H17NS. The van der Waals surface area contributed by atoms with Crippen molar-refractivity contribution in [2.24, 2.45) is 0 Å². The van der Waals surface area contributed by atoms with Gasteiger partial charge in [-0.3, -0.25) is 0 Å². The van der Waals surface area contributed by atoms with Crippen molar-refractivity contribution in [1.82, 2.24) is 5.32 Å². The second-order valence-corrected chi connectivity index (χ2v) is 4.45. The molecule has 1 N–H and O–H groups in total. The molecule has 0 heterocycles. The fourth-order valence-electron chi connectivity index (χ4n) is 1.18. The predicted octanol–water partition coefficient (Wildman–Crippen LogP) is 2.76. The van der Waals surface area contributed by atoms with Gasteiger partial charge in [0, 0.05) is 23.4 Å². The Morgan fingerprint density at radius 3 is 3.00 bits per heavy atom. The van der Waals surface area contributed by atoms with E-state index >= 15 is 0 Å². The van der Waals surface area contributed by atoms with Crippen LogP contribution in [-0.4, -0.2) is 19.3 Å². The molecule has 0 atom stereocenters. The Kier molecular flexibility index (Phi) is 5.99. The van der Waals surface area contributed by atoms with Crippen molar-refractivity contribution in [1.29, 1.82) is 0 Å². The minimum absolute atomic E-state index is 0.904. The van der Waals surface area contributed by atoms with Gasteiger partial charge in [-0.15, -0.1) is 11.8 Å². The summed E-state index contributed by atoms with van der Waals surface area (Å²) in [5, 5.41) is 3.08. The van der Waals surface area contributed by atoms with E-state index in [9.17, 15) is 0 Å². The lowest BCUT2D eigenvalue weighted by Gasteiger charge is -1.97. The van der Waals surface area contributed by atoms with Gasteiger partial charge in [0.15, 0.2) is 0 Å². The molecule has 1 aromatic rings. The van der Waals surface area contributed by atoms with Crippen molar-refractivity contribution < 1.29 is 0 Å². The monoisotopic (exact) mass is 219 g/mol. The number of rotatable bonds is 4. The topological polar surface area (TPSA) is 12.0 Å². The fraction of sp³-hybridized carbons (Fsp3) is 0.385. The molecular weight excluding hydrogens is 202 g/mol. The maximum atomic E-state index is 3.17. The first-order valence-electron chi connectivity index (χ1n) is 5.23. The number of hydrogen-bond acceptors (Lipinski definition) is 2. The molecule has 0 fully saturated rings. The fourth-order valence-corrected chi connectivity index (χ4v) is 1.90. The summed E-state index contributed by atoms with van der Waals surface area (Å²) in [6.45, 7) is 3.12. The summed E-state index contributed by atoms with van der Waals surface area (Å²) in [4.78, 5) is 1.30. The average molecular weight is 219 g/mol. The SMILES string of the molecule is CCSc1cccc(C#CCCNC)c1. The van der Waals surface area contributed by atoms with E-state index in [0.29, 0.717) is 0 Å². The predicted molar refractivity (Wildman–Crippen MR) is 68.3 cm³/mol. The summed E-state index contributed by atoms with van der Waals surface area (Å²) in [5.41, 5.74) is 1.12. The Balaban J connectivity index is 2.59. The van der Waals surface area contributed by atoms with Gasteiger partial charge in [0.25, 0.3) is 0 Å². The normalized spacial score (nSPS) is 9.47. The van der Waals surface area contributed by atoms with Gasteiger partial charge in [0.05, 0.1) is 0 Å². The van der Waals surface area contributed by atoms with Crippen LogP contribution in [0, 0.1) is 11.8 Å². The lowest BCUT2D eigenvalue weighted by atomic mass is 10.2. The molecule has 0 radical (unpaired) electrons. The van der Waals surface area contributed by atoms with E-state index in [4.69, 9.17) is 0 Å². The smallest absolute Gasteiger partial charge is 0.0256 e. The maximum Gasteiger partial charge on any atom is 0.0256 e. The molecule has 15 heavy (non-hydrogen) atoms. The molecule has 0 unspecified atom stereocenters. The first kappa shape index (κ1) is 12.2. The summed E-state index contributed by atoms with van der Waals surface area (Å²) in [5.74, 6) is 7.43. The van der Waals surface area contributed by atoms with Crippen LogP contribution in [0.1, 0.15) is 18.9 Å². The zero-order chi connectivity index (χ0) is 10.9. The van der Waals surface area contributed by atoms with Gasteiger partial charge in [-0.1, -0.05) is 24.8 Å². The van der Waals surface area contributed by atoms with Crippen LogP contribution in [0.3, 0.4) is 0 Å². The van der Waals surface area contributed by atoms with Gasteiger partial charge in [-0.2, -0.15) is 0 Å². The molecule has 0 bridgehead atoms. The van der Waals surface area contributed by atoms with Gasteiger partial charge in [-0.25, -0.2) is 0 Å². The molecule has 1 nitrogen and oxygen atoms in total. The highest BCUT2D eigenvalue weighted by atomic mass is 32.2. The zero-order valence-corrected chi connectivity index (χ0v) is 10.2. The Morgan fingerprint density at radius 2 is 2.27 bits per heavy atom. The Labute approximate surface area is 96.7 Å². The van der Waals surface area contributed by atoms with Gasteiger partial charge in [-0.05, 0) is 31.0 Å². The molecule has 0 aliphatic rings. The van der Waals surface area contributed by atoms with E-state index in [1.54, 1.807) is 0 Å². The number of benzene rings is 1. The zero-order valence-electron chi connectivity index (χ0n) is 9.34. The minimum Gasteiger partial charge on any atom is -0.319 e. The Hall–Kier alpha value is -0.910. The lowest BCUT2D eigenvalue weighted by Crippen LogP contribution is -2.05. The van der Waals surface area contributed by atoms with Crippen molar-refractivity contribution in [2.75, 3.05) is 19.3 Å². The van der Waals surface area contributed by atoms with E-state index in [2.05, 4.69) is 48.3 Å². The highest BCUT2D eigenvalue weighted by Crippen LogP contribution is 2.17. The molecule has 0 saturated heterocycles. The molecule has 0 amide bonds. The maximum absolute atomic E-state index is 3.17. The highest BCUT2D eigenvalue weighted by Gasteiger charge is 1.92. The third kappa shape index (κ3) is 4.92. The van der Waals surface area contributed by atoms with Crippen molar-refractivity contribution >= 4 is 11.8 Å². The third-order valence-corrected chi connectivity index (χ3v) is 2.75. The summed E-state index contributed by atoms with van der Waals surface area (Å²) in [6, 6.07) is 8.42. The second-order valence-electron chi connectivity index (χ2n) is 3.12. The molecule has 2 heteroatoms. The number of thioether (sulfide) groups is 1. The van der Waals surface area contributed by atoms with Crippen molar-refractivity contribution in [2.45, 2.75) is 18.2 Å². The quantitative estimate of drug-likeness (QED) is 0.475. The van der Waals surface area contributed by atoms with E-state index in [1.807, 2.05) is 18.8 Å². The van der Waals surface area contributed by atoms with Gasteiger partial charge >= 0.3 is 0 Å². The highest BCUT2D eigenvalue weighted by molar-refractivity contribution is 7.99. The molecule has 0 aliphatic carbocycles. The molecule has 0 aliphatic heterocycles. The third-order valence-electron chi connectivity index (χ3n) is 1.88. The minimum atomic E-state index is 0.904. The molecule has 0 aromatic heterocycles. The van der Waals surface area contributed by atoms with Crippen LogP contribution in [0.5, 0.6) is 0 Å². The summed E-state index contributed by atoms with van der Waals surface area (Å²) in [6.07, 6.45) is 0.904. The van der Waals surface area contributed by atoms with Crippen LogP contribution in [0.25, 0.3) is 0 Å². The summed E-state index contributed by atoms with van der Waals surface area (Å²) in [7, 11) is 1.94.